The van der Waals surface area contributed by atoms with Crippen molar-refractivity contribution in [2.75, 3.05) is 18.4 Å². The molecule has 2 aliphatic rings. The van der Waals surface area contributed by atoms with Crippen molar-refractivity contribution < 1.29 is 14.3 Å². The maximum atomic E-state index is 12.6. The molecule has 0 atom stereocenters. The highest BCUT2D eigenvalue weighted by Gasteiger charge is 2.29. The van der Waals surface area contributed by atoms with Crippen molar-refractivity contribution in [2.45, 2.75) is 70.9 Å². The van der Waals surface area contributed by atoms with E-state index >= 15 is 0 Å². The molecule has 0 bridgehead atoms. The Hall–Kier alpha value is -2.24. The van der Waals surface area contributed by atoms with Crippen LogP contribution in [0.3, 0.4) is 0 Å². The fourth-order valence-corrected chi connectivity index (χ4v) is 4.09. The summed E-state index contributed by atoms with van der Waals surface area (Å²) in [5.74, 6) is 1.34. The maximum Gasteiger partial charge on any atom is 0.319 e. The Bertz CT molecular complexity index is 645. The van der Waals surface area contributed by atoms with E-state index in [-0.39, 0.29) is 24.1 Å². The van der Waals surface area contributed by atoms with Crippen molar-refractivity contribution in [2.24, 2.45) is 5.92 Å². The van der Waals surface area contributed by atoms with E-state index in [0.29, 0.717) is 5.91 Å². The monoisotopic (exact) mass is 387 g/mol. The van der Waals surface area contributed by atoms with E-state index in [1.807, 2.05) is 43.0 Å². The number of nitrogens with one attached hydrogen (secondary N) is 2. The molecular formula is C22H33N3O3. The Balaban J connectivity index is 1.40. The van der Waals surface area contributed by atoms with Gasteiger partial charge in [0.1, 0.15) is 5.75 Å². The first-order valence-electron chi connectivity index (χ1n) is 10.6. The number of rotatable bonds is 5. The van der Waals surface area contributed by atoms with Gasteiger partial charge in [-0.25, -0.2) is 4.79 Å². The molecule has 0 spiro atoms. The van der Waals surface area contributed by atoms with E-state index in [0.717, 1.165) is 50.2 Å². The average Bonchev–Trinajstić information content (AvgIpc) is 2.70. The van der Waals surface area contributed by atoms with Crippen LogP contribution in [-0.2, 0) is 4.79 Å². The smallest absolute Gasteiger partial charge is 0.319 e. The first-order valence-corrected chi connectivity index (χ1v) is 10.6. The molecule has 1 aliphatic heterocycles. The highest BCUT2D eigenvalue weighted by atomic mass is 16.5. The topological polar surface area (TPSA) is 70.7 Å². The SMILES string of the molecule is CC(C)Oc1ccc(NC(=O)NC2CCN(C(=O)C3CCCCC3)CC2)cc1. The normalized spacial score (nSPS) is 18.8. The van der Waals surface area contributed by atoms with Crippen molar-refractivity contribution in [3.05, 3.63) is 24.3 Å². The molecule has 6 nitrogen and oxygen atoms in total. The highest BCUT2D eigenvalue weighted by Crippen LogP contribution is 2.26. The molecule has 0 radical (unpaired) electrons. The van der Waals surface area contributed by atoms with Crippen LogP contribution in [0.15, 0.2) is 24.3 Å². The lowest BCUT2D eigenvalue weighted by Crippen LogP contribution is -2.49. The number of amides is 3. The van der Waals surface area contributed by atoms with Gasteiger partial charge in [0.15, 0.2) is 0 Å². The van der Waals surface area contributed by atoms with E-state index in [4.69, 9.17) is 4.74 Å². The second-order valence-electron chi connectivity index (χ2n) is 8.22. The predicted octanol–water partition coefficient (Wildman–Crippen LogP) is 4.17. The molecule has 154 valence electrons. The standard InChI is InChI=1S/C22H33N3O3/c1-16(2)28-20-10-8-18(9-11-20)23-22(27)24-19-12-14-25(15-13-19)21(26)17-6-4-3-5-7-17/h8-11,16-17,19H,3-7,12-15H2,1-2H3,(H2,23,24,27). The van der Waals surface area contributed by atoms with Crippen molar-refractivity contribution >= 4 is 17.6 Å². The summed E-state index contributed by atoms with van der Waals surface area (Å²) in [4.78, 5) is 26.9. The molecule has 1 saturated heterocycles. The highest BCUT2D eigenvalue weighted by molar-refractivity contribution is 5.89. The number of anilines is 1. The van der Waals surface area contributed by atoms with E-state index in [9.17, 15) is 9.59 Å². The van der Waals surface area contributed by atoms with Gasteiger partial charge in [0, 0.05) is 30.7 Å². The van der Waals surface area contributed by atoms with Crippen LogP contribution in [0, 0.1) is 5.92 Å². The molecule has 3 amide bonds. The summed E-state index contributed by atoms with van der Waals surface area (Å²) < 4.78 is 5.61. The minimum absolute atomic E-state index is 0.110. The fraction of sp³-hybridized carbons (Fsp3) is 0.636. The van der Waals surface area contributed by atoms with Gasteiger partial charge >= 0.3 is 6.03 Å². The largest absolute Gasteiger partial charge is 0.491 e. The molecule has 1 aliphatic carbocycles. The van der Waals surface area contributed by atoms with Crippen LogP contribution in [-0.4, -0.2) is 42.1 Å². The first kappa shape index (κ1) is 20.5. The molecule has 0 aromatic heterocycles. The molecule has 2 N–H and O–H groups in total. The second-order valence-corrected chi connectivity index (χ2v) is 8.22. The number of piperidine rings is 1. The molecular weight excluding hydrogens is 354 g/mol. The molecule has 6 heteroatoms. The number of hydrogen-bond acceptors (Lipinski definition) is 3. The molecule has 1 saturated carbocycles. The van der Waals surface area contributed by atoms with Gasteiger partial charge in [-0.3, -0.25) is 4.79 Å². The molecule has 1 heterocycles. The Morgan fingerprint density at radius 2 is 1.64 bits per heavy atom. The predicted molar refractivity (Wildman–Crippen MR) is 111 cm³/mol. The van der Waals surface area contributed by atoms with Gasteiger partial charge in [0.2, 0.25) is 5.91 Å². The van der Waals surface area contributed by atoms with Crippen LogP contribution in [0.1, 0.15) is 58.8 Å². The Morgan fingerprint density at radius 1 is 1.00 bits per heavy atom. The summed E-state index contributed by atoms with van der Waals surface area (Å²) in [6.45, 7) is 5.43. The van der Waals surface area contributed by atoms with Crippen molar-refractivity contribution in [1.29, 1.82) is 0 Å². The molecule has 1 aromatic rings. The van der Waals surface area contributed by atoms with E-state index < -0.39 is 0 Å². The number of urea groups is 1. The lowest BCUT2D eigenvalue weighted by Gasteiger charge is -2.35. The van der Waals surface area contributed by atoms with Gasteiger partial charge in [0.25, 0.3) is 0 Å². The van der Waals surface area contributed by atoms with E-state index in [1.54, 1.807) is 0 Å². The lowest BCUT2D eigenvalue weighted by molar-refractivity contribution is -0.137. The summed E-state index contributed by atoms with van der Waals surface area (Å²) >= 11 is 0. The van der Waals surface area contributed by atoms with Crippen molar-refractivity contribution in [3.63, 3.8) is 0 Å². The minimum atomic E-state index is -0.199. The number of hydrogen-bond donors (Lipinski definition) is 2. The number of benzene rings is 1. The average molecular weight is 388 g/mol. The zero-order valence-corrected chi connectivity index (χ0v) is 17.1. The van der Waals surface area contributed by atoms with Gasteiger partial charge < -0.3 is 20.3 Å². The van der Waals surface area contributed by atoms with Crippen molar-refractivity contribution in [3.8, 4) is 5.75 Å². The first-order chi connectivity index (χ1) is 13.5. The summed E-state index contributed by atoms with van der Waals surface area (Å²) in [6, 6.07) is 7.29. The third kappa shape index (κ3) is 5.88. The number of ether oxygens (including phenoxy) is 1. The van der Waals surface area contributed by atoms with Crippen LogP contribution in [0.4, 0.5) is 10.5 Å². The van der Waals surface area contributed by atoms with Crippen LogP contribution in [0.5, 0.6) is 5.75 Å². The quantitative estimate of drug-likeness (QED) is 0.797. The summed E-state index contributed by atoms with van der Waals surface area (Å²) in [7, 11) is 0. The third-order valence-electron chi connectivity index (χ3n) is 5.58. The van der Waals surface area contributed by atoms with E-state index in [2.05, 4.69) is 10.6 Å². The van der Waals surface area contributed by atoms with Crippen LogP contribution < -0.4 is 15.4 Å². The zero-order valence-electron chi connectivity index (χ0n) is 17.1. The molecule has 2 fully saturated rings. The number of likely N-dealkylation sites (tertiary alicyclic amines) is 1. The fourth-order valence-electron chi connectivity index (χ4n) is 4.09. The molecule has 3 rings (SSSR count). The Kier molecular flexibility index (Phi) is 7.18. The molecule has 1 aromatic carbocycles. The van der Waals surface area contributed by atoms with Crippen LogP contribution in [0.2, 0.25) is 0 Å². The van der Waals surface area contributed by atoms with Gasteiger partial charge in [-0.05, 0) is 63.8 Å². The van der Waals surface area contributed by atoms with E-state index in [1.165, 1.54) is 19.3 Å². The summed E-state index contributed by atoms with van der Waals surface area (Å²) in [5, 5.41) is 5.90. The van der Waals surface area contributed by atoms with Crippen molar-refractivity contribution in [1.82, 2.24) is 10.2 Å². The second kappa shape index (κ2) is 9.80. The third-order valence-corrected chi connectivity index (χ3v) is 5.58. The Labute approximate surface area is 168 Å². The molecule has 0 unspecified atom stereocenters. The molecule has 28 heavy (non-hydrogen) atoms. The van der Waals surface area contributed by atoms with Crippen LogP contribution >= 0.6 is 0 Å². The van der Waals surface area contributed by atoms with Crippen LogP contribution in [0.25, 0.3) is 0 Å². The van der Waals surface area contributed by atoms with Gasteiger partial charge in [-0.15, -0.1) is 0 Å². The number of carbonyl (C=O) groups excluding carboxylic acids is 2. The summed E-state index contributed by atoms with van der Waals surface area (Å²) in [6.07, 6.45) is 7.45. The lowest BCUT2D eigenvalue weighted by atomic mass is 9.87. The number of carbonyl (C=O) groups is 2. The zero-order chi connectivity index (χ0) is 19.9. The minimum Gasteiger partial charge on any atom is -0.491 e. The van der Waals surface area contributed by atoms with Gasteiger partial charge in [-0.2, -0.15) is 0 Å². The maximum absolute atomic E-state index is 12.6. The Morgan fingerprint density at radius 3 is 2.25 bits per heavy atom. The van der Waals surface area contributed by atoms with Gasteiger partial charge in [-0.1, -0.05) is 19.3 Å². The summed E-state index contributed by atoms with van der Waals surface area (Å²) in [5.41, 5.74) is 0.735. The number of nitrogens with zero attached hydrogens (tertiary/aromatic N) is 1. The van der Waals surface area contributed by atoms with Gasteiger partial charge in [0.05, 0.1) is 6.10 Å².